The van der Waals surface area contributed by atoms with Crippen molar-refractivity contribution in [3.63, 3.8) is 0 Å². The van der Waals surface area contributed by atoms with Crippen molar-refractivity contribution in [3.8, 4) is 6.01 Å². The van der Waals surface area contributed by atoms with Gasteiger partial charge in [-0.2, -0.15) is 15.0 Å². The first-order chi connectivity index (χ1) is 8.60. The van der Waals surface area contributed by atoms with E-state index in [1.165, 1.54) is 32.8 Å². The van der Waals surface area contributed by atoms with Gasteiger partial charge < -0.3 is 15.4 Å². The second-order valence-electron chi connectivity index (χ2n) is 5.02. The molecule has 0 aliphatic heterocycles. The SMILES string of the molecule is COc1nc(N)nc(N(C)C2CCCC(C)C2)n1. The molecule has 1 aliphatic carbocycles. The van der Waals surface area contributed by atoms with Crippen LogP contribution in [-0.4, -0.2) is 35.2 Å². The van der Waals surface area contributed by atoms with Crippen molar-refractivity contribution >= 4 is 11.9 Å². The van der Waals surface area contributed by atoms with Crippen LogP contribution in [0.25, 0.3) is 0 Å². The van der Waals surface area contributed by atoms with E-state index < -0.39 is 0 Å². The van der Waals surface area contributed by atoms with Crippen LogP contribution in [0.4, 0.5) is 11.9 Å². The molecule has 2 rings (SSSR count). The summed E-state index contributed by atoms with van der Waals surface area (Å²) in [5, 5.41) is 0. The lowest BCUT2D eigenvalue weighted by Gasteiger charge is -2.34. The number of nitrogens with zero attached hydrogens (tertiary/aromatic N) is 4. The summed E-state index contributed by atoms with van der Waals surface area (Å²) >= 11 is 0. The van der Waals surface area contributed by atoms with Gasteiger partial charge in [0, 0.05) is 13.1 Å². The van der Waals surface area contributed by atoms with E-state index in [9.17, 15) is 0 Å². The second kappa shape index (κ2) is 5.37. The number of ether oxygens (including phenoxy) is 1. The van der Waals surface area contributed by atoms with Gasteiger partial charge in [0.05, 0.1) is 7.11 Å². The zero-order valence-electron chi connectivity index (χ0n) is 11.3. The van der Waals surface area contributed by atoms with Crippen molar-refractivity contribution in [2.45, 2.75) is 38.6 Å². The first-order valence-corrected chi connectivity index (χ1v) is 6.38. The van der Waals surface area contributed by atoms with Crippen LogP contribution >= 0.6 is 0 Å². The lowest BCUT2D eigenvalue weighted by Crippen LogP contribution is -2.36. The molecule has 0 bridgehead atoms. The molecule has 2 atom stereocenters. The van der Waals surface area contributed by atoms with Gasteiger partial charge in [-0.3, -0.25) is 0 Å². The first-order valence-electron chi connectivity index (χ1n) is 6.38. The molecule has 2 unspecified atom stereocenters. The van der Waals surface area contributed by atoms with Gasteiger partial charge in [-0.15, -0.1) is 0 Å². The Morgan fingerprint density at radius 2 is 2.06 bits per heavy atom. The molecule has 1 aromatic rings. The van der Waals surface area contributed by atoms with Crippen LogP contribution in [0.15, 0.2) is 0 Å². The van der Waals surface area contributed by atoms with Crippen LogP contribution in [0.1, 0.15) is 32.6 Å². The fourth-order valence-electron chi connectivity index (χ4n) is 2.53. The molecular weight excluding hydrogens is 230 g/mol. The molecule has 1 aromatic heterocycles. The molecule has 0 saturated heterocycles. The normalized spacial score (nSPS) is 23.7. The number of aromatic nitrogens is 3. The topological polar surface area (TPSA) is 77.2 Å². The molecule has 6 heteroatoms. The van der Waals surface area contributed by atoms with Crippen molar-refractivity contribution in [3.05, 3.63) is 0 Å². The maximum absolute atomic E-state index is 5.66. The Hall–Kier alpha value is -1.59. The molecule has 1 saturated carbocycles. The summed E-state index contributed by atoms with van der Waals surface area (Å²) in [5.74, 6) is 1.55. The summed E-state index contributed by atoms with van der Waals surface area (Å²) in [7, 11) is 3.54. The van der Waals surface area contributed by atoms with Gasteiger partial charge in [-0.25, -0.2) is 0 Å². The van der Waals surface area contributed by atoms with Crippen molar-refractivity contribution in [1.29, 1.82) is 0 Å². The van der Waals surface area contributed by atoms with Gasteiger partial charge in [-0.05, 0) is 18.8 Å². The summed E-state index contributed by atoms with van der Waals surface area (Å²) in [6, 6.07) is 0.744. The summed E-state index contributed by atoms with van der Waals surface area (Å²) in [5.41, 5.74) is 5.66. The van der Waals surface area contributed by atoms with Crippen LogP contribution < -0.4 is 15.4 Å². The Labute approximate surface area is 108 Å². The predicted octanol–water partition coefficient (Wildman–Crippen LogP) is 1.48. The monoisotopic (exact) mass is 251 g/mol. The molecule has 18 heavy (non-hydrogen) atoms. The average Bonchev–Trinajstić information content (AvgIpc) is 2.37. The largest absolute Gasteiger partial charge is 0.467 e. The maximum atomic E-state index is 5.66. The highest BCUT2D eigenvalue weighted by Crippen LogP contribution is 2.28. The fourth-order valence-corrected chi connectivity index (χ4v) is 2.53. The second-order valence-corrected chi connectivity index (χ2v) is 5.02. The number of nitrogen functional groups attached to an aromatic ring is 1. The average molecular weight is 251 g/mol. The first kappa shape index (κ1) is 12.9. The minimum absolute atomic E-state index is 0.201. The number of hydrogen-bond donors (Lipinski definition) is 1. The van der Waals surface area contributed by atoms with Crippen molar-refractivity contribution < 1.29 is 4.74 Å². The zero-order valence-corrected chi connectivity index (χ0v) is 11.3. The number of hydrogen-bond acceptors (Lipinski definition) is 6. The van der Waals surface area contributed by atoms with Crippen LogP contribution in [0.5, 0.6) is 6.01 Å². The zero-order chi connectivity index (χ0) is 13.1. The third-order valence-corrected chi connectivity index (χ3v) is 3.57. The Balaban J connectivity index is 2.16. The Morgan fingerprint density at radius 3 is 2.72 bits per heavy atom. The van der Waals surface area contributed by atoms with Gasteiger partial charge in [0.25, 0.3) is 0 Å². The Morgan fingerprint density at radius 1 is 1.28 bits per heavy atom. The maximum Gasteiger partial charge on any atom is 0.322 e. The fraction of sp³-hybridized carbons (Fsp3) is 0.750. The van der Waals surface area contributed by atoms with Crippen molar-refractivity contribution in [2.75, 3.05) is 24.8 Å². The summed E-state index contributed by atoms with van der Waals surface area (Å²) < 4.78 is 5.03. The van der Waals surface area contributed by atoms with Crippen molar-refractivity contribution in [2.24, 2.45) is 5.92 Å². The van der Waals surface area contributed by atoms with Crippen LogP contribution in [-0.2, 0) is 0 Å². The third-order valence-electron chi connectivity index (χ3n) is 3.57. The van der Waals surface area contributed by atoms with E-state index in [4.69, 9.17) is 10.5 Å². The number of rotatable bonds is 3. The molecule has 0 radical (unpaired) electrons. The van der Waals surface area contributed by atoms with E-state index in [-0.39, 0.29) is 12.0 Å². The third kappa shape index (κ3) is 2.80. The van der Waals surface area contributed by atoms with E-state index in [1.54, 1.807) is 0 Å². The standard InChI is InChI=1S/C12H21N5O/c1-8-5-4-6-9(7-8)17(2)11-14-10(13)15-12(16-11)18-3/h8-9H,4-7H2,1-3H3,(H2,13,14,15,16). The highest BCUT2D eigenvalue weighted by Gasteiger charge is 2.24. The van der Waals surface area contributed by atoms with Gasteiger partial charge in [0.2, 0.25) is 11.9 Å². The number of anilines is 2. The van der Waals surface area contributed by atoms with E-state index in [2.05, 4.69) is 26.8 Å². The quantitative estimate of drug-likeness (QED) is 0.876. The minimum Gasteiger partial charge on any atom is -0.467 e. The lowest BCUT2D eigenvalue weighted by molar-refractivity contribution is 0.332. The number of methoxy groups -OCH3 is 1. The van der Waals surface area contributed by atoms with Gasteiger partial charge in [0.1, 0.15) is 0 Å². The highest BCUT2D eigenvalue weighted by atomic mass is 16.5. The molecule has 0 amide bonds. The summed E-state index contributed by atoms with van der Waals surface area (Å²) in [6.07, 6.45) is 4.92. The molecular formula is C12H21N5O. The molecule has 1 fully saturated rings. The summed E-state index contributed by atoms with van der Waals surface area (Å²) in [4.78, 5) is 14.4. The van der Waals surface area contributed by atoms with Gasteiger partial charge in [-0.1, -0.05) is 19.8 Å². The van der Waals surface area contributed by atoms with Crippen LogP contribution in [0, 0.1) is 5.92 Å². The van der Waals surface area contributed by atoms with E-state index in [1.807, 2.05) is 7.05 Å². The Kier molecular flexibility index (Phi) is 3.84. The molecule has 100 valence electrons. The minimum atomic E-state index is 0.201. The molecule has 1 aliphatic rings. The Bertz CT molecular complexity index is 411. The van der Waals surface area contributed by atoms with E-state index in [0.717, 1.165) is 5.92 Å². The number of nitrogens with two attached hydrogens (primary N) is 1. The van der Waals surface area contributed by atoms with Crippen molar-refractivity contribution in [1.82, 2.24) is 15.0 Å². The predicted molar refractivity (Wildman–Crippen MR) is 70.6 cm³/mol. The van der Waals surface area contributed by atoms with Crippen LogP contribution in [0.2, 0.25) is 0 Å². The van der Waals surface area contributed by atoms with Crippen LogP contribution in [0.3, 0.4) is 0 Å². The molecule has 1 heterocycles. The van der Waals surface area contributed by atoms with Gasteiger partial charge >= 0.3 is 6.01 Å². The summed E-state index contributed by atoms with van der Waals surface area (Å²) in [6.45, 7) is 2.29. The lowest BCUT2D eigenvalue weighted by atomic mass is 9.86. The molecule has 0 spiro atoms. The van der Waals surface area contributed by atoms with E-state index >= 15 is 0 Å². The molecule has 6 nitrogen and oxygen atoms in total. The smallest absolute Gasteiger partial charge is 0.322 e. The molecule has 0 aromatic carbocycles. The molecule has 2 N–H and O–H groups in total. The highest BCUT2D eigenvalue weighted by molar-refractivity contribution is 5.36. The van der Waals surface area contributed by atoms with Gasteiger partial charge in [0.15, 0.2) is 0 Å². The van der Waals surface area contributed by atoms with E-state index in [0.29, 0.717) is 12.0 Å².